The molecular weight excluding hydrogens is 675 g/mol. The van der Waals surface area contributed by atoms with Gasteiger partial charge in [-0.2, -0.15) is 0 Å². The third-order valence-electron chi connectivity index (χ3n) is 10.5. The van der Waals surface area contributed by atoms with Crippen molar-refractivity contribution >= 4 is 34.8 Å². The van der Waals surface area contributed by atoms with Gasteiger partial charge in [-0.15, -0.1) is 5.10 Å². The van der Waals surface area contributed by atoms with Crippen LogP contribution in [0.3, 0.4) is 0 Å². The van der Waals surface area contributed by atoms with Crippen LogP contribution in [-0.4, -0.2) is 105 Å². The first-order valence-corrected chi connectivity index (χ1v) is 17.7. The average molecular weight is 718 g/mol. The Morgan fingerprint density at radius 1 is 1.06 bits per heavy atom. The van der Waals surface area contributed by atoms with E-state index in [2.05, 4.69) is 20.5 Å². The summed E-state index contributed by atoms with van der Waals surface area (Å²) in [5.74, 6) is -2.80. The third kappa shape index (κ3) is 6.07. The number of hydrogen-bond acceptors (Lipinski definition) is 9. The number of alkyl halides is 3. The van der Waals surface area contributed by atoms with E-state index in [1.54, 1.807) is 27.8 Å². The molecule has 2 N–H and O–H groups in total. The number of halogens is 3. The first kappa shape index (κ1) is 34.2. The number of nitrogens with zero attached hydrogens (tertiary/aromatic N) is 7. The topological polar surface area (TPSA) is 120 Å². The first-order valence-electron chi connectivity index (χ1n) is 17.7. The van der Waals surface area contributed by atoms with Crippen LogP contribution in [0.15, 0.2) is 48.8 Å². The van der Waals surface area contributed by atoms with E-state index in [1.165, 1.54) is 10.7 Å². The fourth-order valence-corrected chi connectivity index (χ4v) is 7.64. The zero-order valence-electron chi connectivity index (χ0n) is 29.6. The smallest absolute Gasteiger partial charge is 0.410 e. The number of imidazole rings is 1. The molecule has 52 heavy (non-hydrogen) atoms. The number of amides is 2. The molecule has 8 rings (SSSR count). The van der Waals surface area contributed by atoms with Crippen molar-refractivity contribution in [2.75, 3.05) is 50.0 Å². The number of piperidine rings is 1. The van der Waals surface area contributed by atoms with Crippen molar-refractivity contribution in [3.63, 3.8) is 0 Å². The summed E-state index contributed by atoms with van der Waals surface area (Å²) in [5, 5.41) is 10.7. The van der Waals surface area contributed by atoms with Gasteiger partial charge in [0.05, 0.1) is 35.6 Å². The number of ether oxygens (including phenoxy) is 1. The summed E-state index contributed by atoms with van der Waals surface area (Å²) in [6.07, 6.45) is 2.83. The Bertz CT molecular complexity index is 2040. The van der Waals surface area contributed by atoms with Crippen LogP contribution in [0.1, 0.15) is 55.2 Å². The summed E-state index contributed by atoms with van der Waals surface area (Å²) in [4.78, 5) is 39.8. The summed E-state index contributed by atoms with van der Waals surface area (Å²) < 4.78 is 51.2. The first-order chi connectivity index (χ1) is 24.7. The molecule has 6 heterocycles. The molecule has 0 unspecified atom stereocenters. The molecule has 3 aliphatic heterocycles. The van der Waals surface area contributed by atoms with E-state index < -0.39 is 47.7 Å². The van der Waals surface area contributed by atoms with Crippen LogP contribution in [0.5, 0.6) is 0 Å². The largest absolute Gasteiger partial charge is 0.444 e. The minimum Gasteiger partial charge on any atom is -0.444 e. The molecule has 1 saturated carbocycles. The molecule has 3 fully saturated rings. The fourth-order valence-electron chi connectivity index (χ4n) is 7.64. The Morgan fingerprint density at radius 2 is 1.85 bits per heavy atom. The highest BCUT2D eigenvalue weighted by Crippen LogP contribution is 2.50. The maximum absolute atomic E-state index is 15.4. The van der Waals surface area contributed by atoms with E-state index in [9.17, 15) is 14.0 Å². The van der Waals surface area contributed by atoms with Gasteiger partial charge in [-0.1, -0.05) is 18.2 Å². The summed E-state index contributed by atoms with van der Waals surface area (Å²) in [6, 6.07) is 11.4. The van der Waals surface area contributed by atoms with Crippen LogP contribution in [-0.2, 0) is 17.7 Å². The fraction of sp³-hybridized carbons (Fsp3) is 0.486. The van der Waals surface area contributed by atoms with Crippen molar-refractivity contribution in [2.24, 2.45) is 5.41 Å². The number of fused-ring (bicyclic) bond motifs is 2. The summed E-state index contributed by atoms with van der Waals surface area (Å²) >= 11 is 0. The molecule has 2 saturated heterocycles. The lowest BCUT2D eigenvalue weighted by atomic mass is 9.69. The van der Waals surface area contributed by atoms with Crippen molar-refractivity contribution in [1.82, 2.24) is 34.7 Å². The van der Waals surface area contributed by atoms with E-state index in [1.807, 2.05) is 47.5 Å². The highest BCUT2D eigenvalue weighted by atomic mass is 19.3. The van der Waals surface area contributed by atoms with E-state index in [4.69, 9.17) is 14.8 Å². The van der Waals surface area contributed by atoms with E-state index in [0.29, 0.717) is 36.7 Å². The Balaban J connectivity index is 0.951. The van der Waals surface area contributed by atoms with Gasteiger partial charge in [0.2, 0.25) is 0 Å². The average Bonchev–Trinajstić information content (AvgIpc) is 3.42. The second-order valence-electron chi connectivity index (χ2n) is 15.4. The molecule has 1 spiro atoms. The van der Waals surface area contributed by atoms with Crippen LogP contribution in [0, 0.1) is 5.41 Å². The Labute approximate surface area is 299 Å². The molecule has 12 nitrogen and oxygen atoms in total. The molecule has 1 aromatic carbocycles. The van der Waals surface area contributed by atoms with E-state index in [-0.39, 0.29) is 31.7 Å². The van der Waals surface area contributed by atoms with Crippen molar-refractivity contribution in [3.8, 4) is 11.3 Å². The SMILES string of the molecule is CNc1cc(N2CCc3c(-c4ccc(CN5CC6(CCN(C(=O)OC(C)(C)C)CC6(F)F)C5)cn4)cccc32)nn2c(C(=O)N[C@@H]3C[C@@H]3F)cnc12. The minimum absolute atomic E-state index is 0.225. The lowest BCUT2D eigenvalue weighted by Crippen LogP contribution is -2.70. The summed E-state index contributed by atoms with van der Waals surface area (Å²) in [6.45, 7) is 6.47. The minimum atomic E-state index is -3.01. The van der Waals surface area contributed by atoms with Gasteiger partial charge in [0, 0.05) is 69.7 Å². The number of pyridine rings is 1. The molecule has 2 amide bonds. The second-order valence-corrected chi connectivity index (χ2v) is 15.4. The number of hydrogen-bond donors (Lipinski definition) is 2. The molecule has 274 valence electrons. The highest BCUT2D eigenvalue weighted by molar-refractivity contribution is 5.94. The maximum atomic E-state index is 15.4. The third-order valence-corrected chi connectivity index (χ3v) is 10.5. The van der Waals surface area contributed by atoms with Crippen molar-refractivity contribution in [3.05, 3.63) is 65.6 Å². The number of nitrogens with one attached hydrogen (secondary N) is 2. The zero-order valence-corrected chi connectivity index (χ0v) is 29.6. The standard InChI is InChI=1S/C37H42F3N9O3/c1-35(2,3)52-34(51)47-13-11-36(37(39,40)21-47)19-46(20-36)18-22-8-9-26(42-16-22)23-6-5-7-29-24(23)10-12-48(29)31-15-28(41-4)32-43-17-30(49(32)45-31)33(50)44-27-14-25(27)38/h5-9,15-17,25,27,41H,10-14,18-21H2,1-4H3,(H,44,50)/t25-,27+/m0/s1. The predicted octanol–water partition coefficient (Wildman–Crippen LogP) is 5.45. The quantitative estimate of drug-likeness (QED) is 0.258. The highest BCUT2D eigenvalue weighted by Gasteiger charge is 2.63. The Kier molecular flexibility index (Phi) is 8.12. The van der Waals surface area contributed by atoms with Crippen LogP contribution < -0.4 is 15.5 Å². The van der Waals surface area contributed by atoms with Crippen LogP contribution in [0.2, 0.25) is 0 Å². The molecule has 4 aromatic rings. The van der Waals surface area contributed by atoms with Gasteiger partial charge < -0.3 is 25.2 Å². The number of benzene rings is 1. The number of likely N-dealkylation sites (tertiary alicyclic amines) is 2. The predicted molar refractivity (Wildman–Crippen MR) is 189 cm³/mol. The van der Waals surface area contributed by atoms with E-state index >= 15 is 8.78 Å². The summed E-state index contributed by atoms with van der Waals surface area (Å²) in [7, 11) is 1.78. The van der Waals surface area contributed by atoms with Crippen molar-refractivity contribution < 1.29 is 27.5 Å². The second kappa shape index (κ2) is 12.3. The molecule has 0 radical (unpaired) electrons. The number of carbonyl (C=O) groups excluding carboxylic acids is 2. The van der Waals surface area contributed by atoms with Crippen LogP contribution in [0.4, 0.5) is 35.2 Å². The van der Waals surface area contributed by atoms with Gasteiger partial charge >= 0.3 is 6.09 Å². The van der Waals surface area contributed by atoms with Gasteiger partial charge in [0.1, 0.15) is 11.8 Å². The van der Waals surface area contributed by atoms with Crippen molar-refractivity contribution in [1.29, 1.82) is 0 Å². The van der Waals surface area contributed by atoms with Gasteiger partial charge in [-0.3, -0.25) is 14.7 Å². The monoisotopic (exact) mass is 717 g/mol. The molecule has 4 aliphatic rings. The number of anilines is 3. The summed E-state index contributed by atoms with van der Waals surface area (Å²) in [5.41, 5.74) is 4.36. The van der Waals surface area contributed by atoms with E-state index in [0.717, 1.165) is 39.4 Å². The van der Waals surface area contributed by atoms with Gasteiger partial charge in [0.25, 0.3) is 11.8 Å². The molecular formula is C37H42F3N9O3. The molecule has 2 atom stereocenters. The number of rotatable bonds is 7. The van der Waals surface area contributed by atoms with Gasteiger partial charge in [-0.25, -0.2) is 27.5 Å². The lowest BCUT2D eigenvalue weighted by Gasteiger charge is -2.57. The number of aromatic nitrogens is 4. The number of carbonyl (C=O) groups is 2. The van der Waals surface area contributed by atoms with Gasteiger partial charge in [-0.05, 0) is 56.9 Å². The molecule has 15 heteroatoms. The Hall–Kier alpha value is -4.92. The molecule has 1 aliphatic carbocycles. The zero-order chi connectivity index (χ0) is 36.6. The van der Waals surface area contributed by atoms with Gasteiger partial charge in [0.15, 0.2) is 17.2 Å². The maximum Gasteiger partial charge on any atom is 0.410 e. The lowest BCUT2D eigenvalue weighted by molar-refractivity contribution is -0.223. The molecule has 0 bridgehead atoms. The van der Waals surface area contributed by atoms with Crippen LogP contribution in [0.25, 0.3) is 16.9 Å². The van der Waals surface area contributed by atoms with Crippen molar-refractivity contribution in [2.45, 2.75) is 70.3 Å². The molecule has 3 aromatic heterocycles. The van der Waals surface area contributed by atoms with Crippen LogP contribution >= 0.6 is 0 Å². The normalized spacial score (nSPS) is 21.9. The Morgan fingerprint density at radius 3 is 2.52 bits per heavy atom.